The summed E-state index contributed by atoms with van der Waals surface area (Å²) in [5.41, 5.74) is 2.68. The first-order valence-electron chi connectivity index (χ1n) is 6.68. The number of carbonyl (C=O) groups excluding carboxylic acids is 1. The van der Waals surface area contributed by atoms with Crippen LogP contribution in [-0.2, 0) is 4.79 Å². The van der Waals surface area contributed by atoms with Crippen molar-refractivity contribution < 1.29 is 4.79 Å². The molecule has 0 saturated heterocycles. The van der Waals surface area contributed by atoms with Gasteiger partial charge in [-0.25, -0.2) is 0 Å². The predicted molar refractivity (Wildman–Crippen MR) is 69.5 cm³/mol. The van der Waals surface area contributed by atoms with Crippen LogP contribution in [0.2, 0.25) is 0 Å². The summed E-state index contributed by atoms with van der Waals surface area (Å²) in [5, 5.41) is 0. The van der Waals surface area contributed by atoms with Crippen LogP contribution in [0, 0.1) is 5.41 Å². The van der Waals surface area contributed by atoms with E-state index in [4.69, 9.17) is 0 Å². The van der Waals surface area contributed by atoms with Crippen LogP contribution in [0.25, 0.3) is 0 Å². The van der Waals surface area contributed by atoms with E-state index in [9.17, 15) is 4.79 Å². The molecule has 92 valence electrons. The van der Waals surface area contributed by atoms with Gasteiger partial charge >= 0.3 is 0 Å². The highest BCUT2D eigenvalue weighted by Gasteiger charge is 2.30. The quantitative estimate of drug-likeness (QED) is 0.618. The third-order valence-electron chi connectivity index (χ3n) is 3.51. The van der Waals surface area contributed by atoms with Gasteiger partial charge in [-0.15, -0.1) is 0 Å². The molecule has 1 heteroatoms. The highest BCUT2D eigenvalue weighted by Crippen LogP contribution is 2.37. The van der Waals surface area contributed by atoms with Crippen molar-refractivity contribution in [2.24, 2.45) is 5.41 Å². The number of Topliss-reactive ketones (excluding diaryl/α,β-unsaturated/α-hetero) is 1. The Bertz CT molecular complexity index is 284. The fourth-order valence-corrected chi connectivity index (χ4v) is 2.75. The molecular formula is C15H26O. The van der Waals surface area contributed by atoms with Gasteiger partial charge in [-0.05, 0) is 37.2 Å². The molecule has 0 fully saturated rings. The molecule has 0 aromatic rings. The lowest BCUT2D eigenvalue weighted by Gasteiger charge is -2.31. The SMILES string of the molecule is CCCCCCC1=C(C)CC(C)(C)CC1=O. The first-order valence-corrected chi connectivity index (χ1v) is 6.68. The highest BCUT2D eigenvalue weighted by atomic mass is 16.1. The van der Waals surface area contributed by atoms with Crippen LogP contribution in [0.4, 0.5) is 0 Å². The van der Waals surface area contributed by atoms with Crippen molar-refractivity contribution in [3.05, 3.63) is 11.1 Å². The lowest BCUT2D eigenvalue weighted by molar-refractivity contribution is -0.118. The second-order valence-electron chi connectivity index (χ2n) is 6.01. The van der Waals surface area contributed by atoms with Gasteiger partial charge in [0.15, 0.2) is 5.78 Å². The molecule has 1 rings (SSSR count). The van der Waals surface area contributed by atoms with Crippen LogP contribution in [0.3, 0.4) is 0 Å². The molecule has 0 spiro atoms. The molecule has 0 amide bonds. The van der Waals surface area contributed by atoms with Gasteiger partial charge in [0.1, 0.15) is 0 Å². The Labute approximate surface area is 100 Å². The van der Waals surface area contributed by atoms with Crippen LogP contribution in [0.5, 0.6) is 0 Å². The monoisotopic (exact) mass is 222 g/mol. The second kappa shape index (κ2) is 5.65. The number of hydrogen-bond donors (Lipinski definition) is 0. The lowest BCUT2D eigenvalue weighted by atomic mass is 9.73. The van der Waals surface area contributed by atoms with E-state index in [0.717, 1.165) is 24.8 Å². The highest BCUT2D eigenvalue weighted by molar-refractivity contribution is 5.97. The Kier molecular flexibility index (Phi) is 4.76. The van der Waals surface area contributed by atoms with Crippen molar-refractivity contribution in [3.8, 4) is 0 Å². The van der Waals surface area contributed by atoms with E-state index in [1.807, 2.05) is 0 Å². The van der Waals surface area contributed by atoms with Crippen molar-refractivity contribution in [1.82, 2.24) is 0 Å². The summed E-state index contributed by atoms with van der Waals surface area (Å²) in [6.07, 6.45) is 7.87. The Hall–Kier alpha value is -0.590. The van der Waals surface area contributed by atoms with Crippen molar-refractivity contribution in [1.29, 1.82) is 0 Å². The van der Waals surface area contributed by atoms with Gasteiger partial charge in [0.2, 0.25) is 0 Å². The topological polar surface area (TPSA) is 17.1 Å². The second-order valence-corrected chi connectivity index (χ2v) is 6.01. The molecule has 1 aliphatic carbocycles. The standard InChI is InChI=1S/C15H26O/c1-5-6-7-8-9-13-12(2)10-15(3,4)11-14(13)16/h5-11H2,1-4H3. The summed E-state index contributed by atoms with van der Waals surface area (Å²) in [6, 6.07) is 0. The zero-order valence-electron chi connectivity index (χ0n) is 11.4. The zero-order valence-corrected chi connectivity index (χ0v) is 11.4. The minimum absolute atomic E-state index is 0.189. The largest absolute Gasteiger partial charge is 0.295 e. The summed E-state index contributed by atoms with van der Waals surface area (Å²) < 4.78 is 0. The molecular weight excluding hydrogens is 196 g/mol. The smallest absolute Gasteiger partial charge is 0.159 e. The molecule has 1 aliphatic rings. The summed E-state index contributed by atoms with van der Waals surface area (Å²) in [7, 11) is 0. The Morgan fingerprint density at radius 1 is 1.12 bits per heavy atom. The molecule has 0 atom stereocenters. The van der Waals surface area contributed by atoms with E-state index in [-0.39, 0.29) is 5.41 Å². The van der Waals surface area contributed by atoms with Crippen LogP contribution in [-0.4, -0.2) is 5.78 Å². The van der Waals surface area contributed by atoms with Gasteiger partial charge in [0.05, 0.1) is 0 Å². The van der Waals surface area contributed by atoms with E-state index in [2.05, 4.69) is 27.7 Å². The Morgan fingerprint density at radius 2 is 1.81 bits per heavy atom. The Balaban J connectivity index is 2.54. The Morgan fingerprint density at radius 3 is 2.38 bits per heavy atom. The third-order valence-corrected chi connectivity index (χ3v) is 3.51. The van der Waals surface area contributed by atoms with Crippen molar-refractivity contribution in [2.75, 3.05) is 0 Å². The maximum atomic E-state index is 12.0. The van der Waals surface area contributed by atoms with Crippen molar-refractivity contribution >= 4 is 5.78 Å². The normalized spacial score (nSPS) is 20.4. The minimum atomic E-state index is 0.189. The van der Waals surface area contributed by atoms with Gasteiger partial charge < -0.3 is 0 Å². The molecule has 16 heavy (non-hydrogen) atoms. The number of unbranched alkanes of at least 4 members (excludes halogenated alkanes) is 3. The third kappa shape index (κ3) is 3.77. The summed E-state index contributed by atoms with van der Waals surface area (Å²) in [6.45, 7) is 8.76. The fraction of sp³-hybridized carbons (Fsp3) is 0.800. The van der Waals surface area contributed by atoms with Gasteiger partial charge in [0, 0.05) is 6.42 Å². The molecule has 0 saturated carbocycles. The average Bonchev–Trinajstić information content (AvgIpc) is 2.13. The number of ketones is 1. The van der Waals surface area contributed by atoms with E-state index in [1.54, 1.807) is 0 Å². The maximum absolute atomic E-state index is 12.0. The molecule has 0 N–H and O–H groups in total. The molecule has 0 aromatic heterocycles. The van der Waals surface area contributed by atoms with Crippen LogP contribution in [0.1, 0.15) is 72.6 Å². The zero-order chi connectivity index (χ0) is 12.2. The minimum Gasteiger partial charge on any atom is -0.295 e. The molecule has 0 radical (unpaired) electrons. The maximum Gasteiger partial charge on any atom is 0.159 e. The number of hydrogen-bond acceptors (Lipinski definition) is 1. The molecule has 0 aromatic carbocycles. The van der Waals surface area contributed by atoms with Gasteiger partial charge in [-0.2, -0.15) is 0 Å². The molecule has 0 heterocycles. The summed E-state index contributed by atoms with van der Waals surface area (Å²) in [4.78, 5) is 12.0. The van der Waals surface area contributed by atoms with Crippen LogP contribution in [0.15, 0.2) is 11.1 Å². The first kappa shape index (κ1) is 13.5. The number of carbonyl (C=O) groups is 1. The average molecular weight is 222 g/mol. The fourth-order valence-electron chi connectivity index (χ4n) is 2.75. The van der Waals surface area contributed by atoms with Crippen LogP contribution < -0.4 is 0 Å². The van der Waals surface area contributed by atoms with E-state index >= 15 is 0 Å². The lowest BCUT2D eigenvalue weighted by Crippen LogP contribution is -2.25. The molecule has 1 nitrogen and oxygen atoms in total. The van der Waals surface area contributed by atoms with Gasteiger partial charge in [-0.1, -0.05) is 45.6 Å². The molecule has 0 unspecified atom stereocenters. The molecule has 0 bridgehead atoms. The van der Waals surface area contributed by atoms with Crippen molar-refractivity contribution in [3.63, 3.8) is 0 Å². The van der Waals surface area contributed by atoms with Crippen molar-refractivity contribution in [2.45, 2.75) is 72.6 Å². The van der Waals surface area contributed by atoms with Crippen LogP contribution >= 0.6 is 0 Å². The van der Waals surface area contributed by atoms with E-state index in [0.29, 0.717) is 5.78 Å². The predicted octanol–water partition coefficient (Wildman–Crippen LogP) is 4.66. The van der Waals surface area contributed by atoms with E-state index in [1.165, 1.54) is 31.3 Å². The van der Waals surface area contributed by atoms with Gasteiger partial charge in [0.25, 0.3) is 0 Å². The summed E-state index contributed by atoms with van der Waals surface area (Å²) >= 11 is 0. The first-order chi connectivity index (χ1) is 7.46. The summed E-state index contributed by atoms with van der Waals surface area (Å²) in [5.74, 6) is 0.408. The number of rotatable bonds is 5. The van der Waals surface area contributed by atoms with E-state index < -0.39 is 0 Å². The molecule has 0 aliphatic heterocycles. The van der Waals surface area contributed by atoms with Gasteiger partial charge in [-0.3, -0.25) is 4.79 Å². The number of allylic oxidation sites excluding steroid dienone is 2.